The third-order valence-corrected chi connectivity index (χ3v) is 2.61. The lowest BCUT2D eigenvalue weighted by Gasteiger charge is -2.10. The average molecular weight is 228 g/mol. The van der Waals surface area contributed by atoms with Gasteiger partial charge in [0, 0.05) is 17.8 Å². The number of nitrogens with one attached hydrogen (secondary N) is 2. The Morgan fingerprint density at radius 2 is 1.76 bits per heavy atom. The highest BCUT2D eigenvalue weighted by molar-refractivity contribution is 5.42. The van der Waals surface area contributed by atoms with E-state index in [9.17, 15) is 5.11 Å². The van der Waals surface area contributed by atoms with Crippen LogP contribution in [0.1, 0.15) is 11.1 Å². The third-order valence-electron chi connectivity index (χ3n) is 2.61. The molecule has 17 heavy (non-hydrogen) atoms. The number of anilines is 1. The summed E-state index contributed by atoms with van der Waals surface area (Å²) in [5, 5.41) is 9.83. The van der Waals surface area contributed by atoms with Crippen LogP contribution in [0.2, 0.25) is 0 Å². The number of para-hydroxylation sites is 2. The van der Waals surface area contributed by atoms with Crippen molar-refractivity contribution in [3.63, 3.8) is 0 Å². The van der Waals surface area contributed by atoms with E-state index in [1.165, 1.54) is 0 Å². The maximum Gasteiger partial charge on any atom is 0.123 e. The first kappa shape index (κ1) is 11.5. The molecule has 0 atom stereocenters. The predicted octanol–water partition coefficient (Wildman–Crippen LogP) is 2.82. The van der Waals surface area contributed by atoms with Crippen LogP contribution in [0.25, 0.3) is 0 Å². The Bertz CT molecular complexity index is 483. The van der Waals surface area contributed by atoms with Gasteiger partial charge in [-0.15, -0.1) is 0 Å². The van der Waals surface area contributed by atoms with Crippen molar-refractivity contribution in [2.75, 3.05) is 5.43 Å². The molecule has 2 aromatic rings. The SMILES string of the molecule is Cc1cccc(CNNc2ccccc2)c1O. The van der Waals surface area contributed by atoms with Gasteiger partial charge in [-0.3, -0.25) is 0 Å². The fourth-order valence-corrected chi connectivity index (χ4v) is 1.63. The van der Waals surface area contributed by atoms with Gasteiger partial charge in [0.25, 0.3) is 0 Å². The average Bonchev–Trinajstić information content (AvgIpc) is 2.36. The zero-order valence-corrected chi connectivity index (χ0v) is 9.77. The first-order valence-corrected chi connectivity index (χ1v) is 5.59. The summed E-state index contributed by atoms with van der Waals surface area (Å²) in [7, 11) is 0. The van der Waals surface area contributed by atoms with E-state index in [0.717, 1.165) is 16.8 Å². The quantitative estimate of drug-likeness (QED) is 0.705. The van der Waals surface area contributed by atoms with Gasteiger partial charge in [0.15, 0.2) is 0 Å². The highest BCUT2D eigenvalue weighted by Crippen LogP contribution is 2.20. The molecular weight excluding hydrogens is 212 g/mol. The zero-order valence-electron chi connectivity index (χ0n) is 9.77. The molecule has 3 N–H and O–H groups in total. The first-order valence-electron chi connectivity index (χ1n) is 5.59. The molecule has 0 spiro atoms. The van der Waals surface area contributed by atoms with Crippen molar-refractivity contribution in [2.24, 2.45) is 0 Å². The summed E-state index contributed by atoms with van der Waals surface area (Å²) in [6, 6.07) is 15.6. The fourth-order valence-electron chi connectivity index (χ4n) is 1.63. The summed E-state index contributed by atoms with van der Waals surface area (Å²) in [5.41, 5.74) is 8.93. The molecule has 3 heteroatoms. The van der Waals surface area contributed by atoms with E-state index in [2.05, 4.69) is 10.9 Å². The molecule has 0 bridgehead atoms. The van der Waals surface area contributed by atoms with Crippen LogP contribution in [0.5, 0.6) is 5.75 Å². The molecule has 0 unspecified atom stereocenters. The monoisotopic (exact) mass is 228 g/mol. The van der Waals surface area contributed by atoms with Crippen molar-refractivity contribution in [3.8, 4) is 5.75 Å². The Balaban J connectivity index is 1.93. The molecule has 2 rings (SSSR count). The van der Waals surface area contributed by atoms with Crippen molar-refractivity contribution in [2.45, 2.75) is 13.5 Å². The molecule has 0 aliphatic carbocycles. The van der Waals surface area contributed by atoms with Gasteiger partial charge < -0.3 is 10.5 Å². The number of rotatable bonds is 4. The van der Waals surface area contributed by atoms with E-state index in [-0.39, 0.29) is 0 Å². The molecule has 0 saturated carbocycles. The molecule has 0 saturated heterocycles. The van der Waals surface area contributed by atoms with Crippen LogP contribution in [-0.4, -0.2) is 5.11 Å². The summed E-state index contributed by atoms with van der Waals surface area (Å²) in [6.45, 7) is 2.46. The van der Waals surface area contributed by atoms with Crippen molar-refractivity contribution in [1.82, 2.24) is 5.43 Å². The van der Waals surface area contributed by atoms with E-state index in [4.69, 9.17) is 0 Å². The van der Waals surface area contributed by atoms with Gasteiger partial charge in [-0.25, -0.2) is 5.43 Å². The fraction of sp³-hybridized carbons (Fsp3) is 0.143. The van der Waals surface area contributed by atoms with E-state index < -0.39 is 0 Å². The van der Waals surface area contributed by atoms with Gasteiger partial charge >= 0.3 is 0 Å². The Morgan fingerprint density at radius 1 is 1.00 bits per heavy atom. The van der Waals surface area contributed by atoms with Gasteiger partial charge in [-0.1, -0.05) is 36.4 Å². The van der Waals surface area contributed by atoms with Crippen LogP contribution < -0.4 is 10.9 Å². The summed E-state index contributed by atoms with van der Waals surface area (Å²) in [6.07, 6.45) is 0. The number of aromatic hydroxyl groups is 1. The molecule has 0 aliphatic rings. The minimum atomic E-state index is 0.356. The van der Waals surface area contributed by atoms with Crippen molar-refractivity contribution < 1.29 is 5.11 Å². The van der Waals surface area contributed by atoms with E-state index >= 15 is 0 Å². The topological polar surface area (TPSA) is 44.3 Å². The molecule has 0 amide bonds. The minimum Gasteiger partial charge on any atom is -0.507 e. The summed E-state index contributed by atoms with van der Waals surface area (Å²) in [5.74, 6) is 0.356. The van der Waals surface area contributed by atoms with Crippen LogP contribution >= 0.6 is 0 Å². The molecule has 3 nitrogen and oxygen atoms in total. The Labute approximate surface area is 101 Å². The minimum absolute atomic E-state index is 0.356. The lowest BCUT2D eigenvalue weighted by molar-refractivity contribution is 0.462. The summed E-state index contributed by atoms with van der Waals surface area (Å²) < 4.78 is 0. The molecule has 2 aromatic carbocycles. The molecule has 88 valence electrons. The van der Waals surface area contributed by atoms with E-state index in [0.29, 0.717) is 12.3 Å². The highest BCUT2D eigenvalue weighted by Gasteiger charge is 2.02. The van der Waals surface area contributed by atoms with Crippen molar-refractivity contribution in [3.05, 3.63) is 59.7 Å². The Kier molecular flexibility index (Phi) is 3.62. The molecule has 0 aromatic heterocycles. The lowest BCUT2D eigenvalue weighted by atomic mass is 10.1. The molecule has 0 fully saturated rings. The van der Waals surface area contributed by atoms with Gasteiger partial charge in [0.2, 0.25) is 0 Å². The Morgan fingerprint density at radius 3 is 2.53 bits per heavy atom. The third kappa shape index (κ3) is 2.98. The molecular formula is C14H16N2O. The number of hydrogen-bond acceptors (Lipinski definition) is 3. The van der Waals surface area contributed by atoms with Crippen LogP contribution in [0.4, 0.5) is 5.69 Å². The summed E-state index contributed by atoms with van der Waals surface area (Å²) >= 11 is 0. The number of phenolic OH excluding ortho intramolecular Hbond substituents is 1. The predicted molar refractivity (Wildman–Crippen MR) is 69.7 cm³/mol. The molecule has 0 radical (unpaired) electrons. The van der Waals surface area contributed by atoms with Gasteiger partial charge in [0.05, 0.1) is 0 Å². The van der Waals surface area contributed by atoms with E-state index in [1.807, 2.05) is 55.5 Å². The smallest absolute Gasteiger partial charge is 0.123 e. The first-order chi connectivity index (χ1) is 8.27. The highest BCUT2D eigenvalue weighted by atomic mass is 16.3. The Hall–Kier alpha value is -2.00. The number of benzene rings is 2. The number of phenols is 1. The van der Waals surface area contributed by atoms with E-state index in [1.54, 1.807) is 0 Å². The van der Waals surface area contributed by atoms with Crippen molar-refractivity contribution in [1.29, 1.82) is 0 Å². The number of aryl methyl sites for hydroxylation is 1. The van der Waals surface area contributed by atoms with Crippen LogP contribution in [-0.2, 0) is 6.54 Å². The standard InChI is InChI=1S/C14H16N2O/c1-11-6-5-7-12(14(11)17)10-15-16-13-8-3-2-4-9-13/h2-9,15-17H,10H2,1H3. The van der Waals surface area contributed by atoms with Crippen LogP contribution in [0.15, 0.2) is 48.5 Å². The molecule has 0 heterocycles. The second-order valence-electron chi connectivity index (χ2n) is 3.93. The van der Waals surface area contributed by atoms with Gasteiger partial charge in [0.1, 0.15) is 5.75 Å². The largest absolute Gasteiger partial charge is 0.507 e. The lowest BCUT2D eigenvalue weighted by Crippen LogP contribution is -2.20. The van der Waals surface area contributed by atoms with Gasteiger partial charge in [-0.05, 0) is 24.6 Å². The van der Waals surface area contributed by atoms with Gasteiger partial charge in [-0.2, -0.15) is 0 Å². The maximum absolute atomic E-state index is 9.83. The second-order valence-corrected chi connectivity index (χ2v) is 3.93. The number of hydrogen-bond donors (Lipinski definition) is 3. The van der Waals surface area contributed by atoms with Crippen LogP contribution in [0.3, 0.4) is 0 Å². The summed E-state index contributed by atoms with van der Waals surface area (Å²) in [4.78, 5) is 0. The van der Waals surface area contributed by atoms with Crippen molar-refractivity contribution >= 4 is 5.69 Å². The number of hydrazine groups is 1. The zero-order chi connectivity index (χ0) is 12.1. The normalized spacial score (nSPS) is 10.2. The maximum atomic E-state index is 9.83. The molecule has 0 aliphatic heterocycles. The second kappa shape index (κ2) is 5.37. The van der Waals surface area contributed by atoms with Crippen LogP contribution in [0, 0.1) is 6.92 Å².